The molecule has 0 spiro atoms. The summed E-state index contributed by atoms with van der Waals surface area (Å²) in [4.78, 5) is 35.8. The first-order valence-corrected chi connectivity index (χ1v) is 26.5. The second kappa shape index (κ2) is 38.8. The molecular formula is C48H91O13P. The molecule has 0 bridgehead atoms. The highest BCUT2D eigenvalue weighted by Gasteiger charge is 2.51. The fraction of sp³-hybridized carbons (Fsp3) is 0.917. The minimum absolute atomic E-state index is 0.0909. The molecule has 1 aliphatic carbocycles. The lowest BCUT2D eigenvalue weighted by Crippen LogP contribution is -2.64. The smallest absolute Gasteiger partial charge is 0.462 e. The Labute approximate surface area is 375 Å². The zero-order chi connectivity index (χ0) is 45.7. The normalized spacial score (nSPS) is 21.9. The second-order valence-electron chi connectivity index (χ2n) is 17.7. The highest BCUT2D eigenvalue weighted by atomic mass is 31.2. The van der Waals surface area contributed by atoms with Crippen LogP contribution in [-0.2, 0) is 32.7 Å². The number of carbonyl (C=O) groups excluding carboxylic acids is 2. The zero-order valence-electron chi connectivity index (χ0n) is 38.9. The summed E-state index contributed by atoms with van der Waals surface area (Å²) in [6.45, 7) is 3.31. The first kappa shape index (κ1) is 58.6. The third kappa shape index (κ3) is 30.7. The van der Waals surface area contributed by atoms with E-state index in [9.17, 15) is 44.6 Å². The Balaban J connectivity index is 2.39. The highest BCUT2D eigenvalue weighted by molar-refractivity contribution is 7.47. The number of carbonyl (C=O) groups is 2. The lowest BCUT2D eigenvalue weighted by Gasteiger charge is -2.41. The average molecular weight is 907 g/mol. The molecule has 13 nitrogen and oxygen atoms in total. The van der Waals surface area contributed by atoms with Crippen LogP contribution in [-0.4, -0.2) is 98.3 Å². The van der Waals surface area contributed by atoms with Gasteiger partial charge in [-0.3, -0.25) is 18.6 Å². The number of ether oxygens (including phenoxy) is 2. The van der Waals surface area contributed by atoms with Crippen LogP contribution in [0.25, 0.3) is 0 Å². The summed E-state index contributed by atoms with van der Waals surface area (Å²) in [7, 11) is -5.12. The Morgan fingerprint density at radius 3 is 1.23 bits per heavy atom. The molecule has 8 atom stereocenters. The largest absolute Gasteiger partial charge is 0.472 e. The molecule has 0 radical (unpaired) electrons. The predicted octanol–water partition coefficient (Wildman–Crippen LogP) is 10.2. The van der Waals surface area contributed by atoms with Crippen molar-refractivity contribution in [2.24, 2.45) is 0 Å². The number of esters is 2. The van der Waals surface area contributed by atoms with E-state index in [2.05, 4.69) is 26.0 Å². The van der Waals surface area contributed by atoms with Crippen molar-refractivity contribution in [1.82, 2.24) is 0 Å². The molecule has 0 heterocycles. The second-order valence-corrected chi connectivity index (χ2v) is 19.1. The molecule has 1 aliphatic rings. The van der Waals surface area contributed by atoms with E-state index in [1.54, 1.807) is 0 Å². The fourth-order valence-corrected chi connectivity index (χ4v) is 8.79. The molecule has 6 N–H and O–H groups in total. The molecule has 0 amide bonds. The first-order chi connectivity index (χ1) is 29.9. The van der Waals surface area contributed by atoms with Crippen LogP contribution in [0.2, 0.25) is 0 Å². The standard InChI is InChI=1S/C48H91O13P/c1-3-5-7-9-11-13-15-17-19-20-21-22-23-25-26-28-30-32-34-36-41(49)58-38-40(39-59-62(56,57)61-48-46(54)44(52)43(51)45(53)47(48)55)60-42(50)37-35-33-31-29-27-24-18-16-14-12-10-8-6-4-2/h16,18,40,43-48,51-55H,3-15,17,19-39H2,1-2H3,(H,56,57)/b18-16+/t40-,43?,44-,45?,46?,47?,48?/m0/s1. The van der Waals surface area contributed by atoms with Gasteiger partial charge in [-0.2, -0.15) is 0 Å². The molecular weight excluding hydrogens is 815 g/mol. The highest BCUT2D eigenvalue weighted by Crippen LogP contribution is 2.47. The number of hydrogen-bond acceptors (Lipinski definition) is 12. The number of allylic oxidation sites excluding steroid dienone is 2. The van der Waals surface area contributed by atoms with Crippen molar-refractivity contribution in [1.29, 1.82) is 0 Å². The fourth-order valence-electron chi connectivity index (χ4n) is 7.81. The number of aliphatic hydroxyl groups excluding tert-OH is 5. The topological polar surface area (TPSA) is 210 Å². The van der Waals surface area contributed by atoms with Gasteiger partial charge in [-0.05, 0) is 38.5 Å². The van der Waals surface area contributed by atoms with Gasteiger partial charge >= 0.3 is 19.8 Å². The molecule has 62 heavy (non-hydrogen) atoms. The van der Waals surface area contributed by atoms with Crippen molar-refractivity contribution in [3.8, 4) is 0 Å². The third-order valence-electron chi connectivity index (χ3n) is 11.9. The van der Waals surface area contributed by atoms with Gasteiger partial charge < -0.3 is 39.9 Å². The number of hydrogen-bond donors (Lipinski definition) is 6. The van der Waals surface area contributed by atoms with E-state index in [1.807, 2.05) is 0 Å². The molecule has 0 aliphatic heterocycles. The van der Waals surface area contributed by atoms with Crippen LogP contribution in [0.1, 0.15) is 226 Å². The van der Waals surface area contributed by atoms with Gasteiger partial charge in [-0.15, -0.1) is 0 Å². The van der Waals surface area contributed by atoms with E-state index in [0.717, 1.165) is 57.8 Å². The van der Waals surface area contributed by atoms with Crippen molar-refractivity contribution in [2.75, 3.05) is 13.2 Å². The van der Waals surface area contributed by atoms with Gasteiger partial charge in [-0.25, -0.2) is 4.57 Å². The Bertz CT molecular complexity index is 1140. The average Bonchev–Trinajstić information content (AvgIpc) is 3.25. The number of phosphoric ester groups is 1. The first-order valence-electron chi connectivity index (χ1n) is 25.0. The number of unbranched alkanes of at least 4 members (excludes halogenated alkanes) is 28. The van der Waals surface area contributed by atoms with Gasteiger partial charge in [-0.1, -0.05) is 187 Å². The van der Waals surface area contributed by atoms with E-state index in [1.165, 1.54) is 128 Å². The van der Waals surface area contributed by atoms with Crippen LogP contribution in [0.5, 0.6) is 0 Å². The van der Waals surface area contributed by atoms with Crippen LogP contribution in [0.3, 0.4) is 0 Å². The summed E-state index contributed by atoms with van der Waals surface area (Å²) in [5, 5.41) is 50.2. The van der Waals surface area contributed by atoms with Gasteiger partial charge in [0.1, 0.15) is 43.2 Å². The van der Waals surface area contributed by atoms with Gasteiger partial charge in [0.2, 0.25) is 0 Å². The molecule has 0 aromatic heterocycles. The maximum Gasteiger partial charge on any atom is 0.472 e. The maximum absolute atomic E-state index is 12.8. The van der Waals surface area contributed by atoms with Crippen LogP contribution < -0.4 is 0 Å². The summed E-state index contributed by atoms with van der Waals surface area (Å²) >= 11 is 0. The van der Waals surface area contributed by atoms with Crippen molar-refractivity contribution in [3.63, 3.8) is 0 Å². The molecule has 0 aromatic carbocycles. The minimum atomic E-state index is -5.12. The summed E-state index contributed by atoms with van der Waals surface area (Å²) in [6.07, 6.45) is 28.4. The van der Waals surface area contributed by atoms with Crippen LogP contribution in [0.4, 0.5) is 0 Å². The quantitative estimate of drug-likeness (QED) is 0.0146. The molecule has 1 rings (SSSR count). The monoisotopic (exact) mass is 907 g/mol. The Morgan fingerprint density at radius 1 is 0.484 bits per heavy atom. The minimum Gasteiger partial charge on any atom is -0.462 e. The summed E-state index contributed by atoms with van der Waals surface area (Å²) in [5.74, 6) is -1.10. The third-order valence-corrected chi connectivity index (χ3v) is 12.8. The molecule has 366 valence electrons. The van der Waals surface area contributed by atoms with Gasteiger partial charge in [0, 0.05) is 12.8 Å². The SMILES string of the molecule is CCCCCCC/C=C/CCCCCCCC(=O)O[C@@H](COC(=O)CCCCCCCCCCCCCCCCCCCCC)COP(=O)(O)OC1C(O)C(O)C(O)[C@H](O)C1O. The molecule has 14 heteroatoms. The maximum atomic E-state index is 12.8. The summed E-state index contributed by atoms with van der Waals surface area (Å²) < 4.78 is 33.6. The van der Waals surface area contributed by atoms with Gasteiger partial charge in [0.25, 0.3) is 0 Å². The molecule has 0 saturated heterocycles. The predicted molar refractivity (Wildman–Crippen MR) is 244 cm³/mol. The number of phosphoric acid groups is 1. The molecule has 0 aromatic rings. The van der Waals surface area contributed by atoms with Crippen LogP contribution in [0.15, 0.2) is 12.2 Å². The molecule has 1 fully saturated rings. The van der Waals surface area contributed by atoms with E-state index >= 15 is 0 Å². The van der Waals surface area contributed by atoms with Crippen LogP contribution >= 0.6 is 7.82 Å². The van der Waals surface area contributed by atoms with Gasteiger partial charge in [0.15, 0.2) is 6.10 Å². The zero-order valence-corrected chi connectivity index (χ0v) is 39.8. The lowest BCUT2D eigenvalue weighted by molar-refractivity contribution is -0.220. The van der Waals surface area contributed by atoms with Crippen molar-refractivity contribution < 1.29 is 63.1 Å². The van der Waals surface area contributed by atoms with Crippen LogP contribution in [0, 0.1) is 0 Å². The lowest BCUT2D eigenvalue weighted by atomic mass is 9.85. The Kier molecular flexibility index (Phi) is 36.7. The van der Waals surface area contributed by atoms with Crippen molar-refractivity contribution in [2.45, 2.75) is 268 Å². The van der Waals surface area contributed by atoms with E-state index in [0.29, 0.717) is 12.8 Å². The van der Waals surface area contributed by atoms with E-state index in [-0.39, 0.29) is 12.8 Å². The summed E-state index contributed by atoms with van der Waals surface area (Å²) in [6, 6.07) is 0. The van der Waals surface area contributed by atoms with Crippen molar-refractivity contribution in [3.05, 3.63) is 12.2 Å². The number of aliphatic hydroxyl groups is 5. The van der Waals surface area contributed by atoms with Gasteiger partial charge in [0.05, 0.1) is 6.61 Å². The molecule has 1 saturated carbocycles. The molecule has 6 unspecified atom stereocenters. The van der Waals surface area contributed by atoms with E-state index in [4.69, 9.17) is 18.5 Å². The van der Waals surface area contributed by atoms with Crippen molar-refractivity contribution >= 4 is 19.8 Å². The summed E-state index contributed by atoms with van der Waals surface area (Å²) in [5.41, 5.74) is 0. The Hall–Kier alpha value is -1.41. The Morgan fingerprint density at radius 2 is 0.823 bits per heavy atom. The number of rotatable bonds is 42. The van der Waals surface area contributed by atoms with E-state index < -0.39 is 75.7 Å².